The van der Waals surface area contributed by atoms with Crippen LogP contribution in [0.3, 0.4) is 0 Å². The Morgan fingerprint density at radius 1 is 0.600 bits per heavy atom. The maximum absolute atomic E-state index is 12.5. The molecule has 0 aliphatic heterocycles. The number of carbonyl (C=O) groups is 2. The third kappa shape index (κ3) is 4.48. The number of carbonyl (C=O) groups excluding carboxylic acids is 2. The van der Waals surface area contributed by atoms with Crippen LogP contribution >= 0.6 is 0 Å². The number of hydrogen-bond acceptors (Lipinski definition) is 4. The molecule has 0 aliphatic rings. The van der Waals surface area contributed by atoms with E-state index in [1.165, 1.54) is 0 Å². The van der Waals surface area contributed by atoms with E-state index in [0.717, 1.165) is 21.5 Å². The molecule has 30 heavy (non-hydrogen) atoms. The van der Waals surface area contributed by atoms with Gasteiger partial charge in [-0.05, 0) is 0 Å². The van der Waals surface area contributed by atoms with Gasteiger partial charge < -0.3 is 9.47 Å². The standard InChI is InChI=1S/C26H30O4/c1-25(2,3)21(27)15-29-23-17-11-7-9-13-19(17)24(20-14-10-8-12-18(20)23)30-16-22(28)26(4,5)6/h7-14H,15-16H2,1-6H3. The molecule has 3 aromatic rings. The molecule has 0 saturated heterocycles. The minimum absolute atomic E-state index is 0.000201. The summed E-state index contributed by atoms with van der Waals surface area (Å²) in [6.07, 6.45) is 0. The van der Waals surface area contributed by atoms with E-state index in [1.807, 2.05) is 90.1 Å². The molecule has 0 atom stereocenters. The molecule has 158 valence electrons. The molecule has 0 N–H and O–H groups in total. The highest BCUT2D eigenvalue weighted by atomic mass is 16.5. The zero-order valence-electron chi connectivity index (χ0n) is 18.7. The van der Waals surface area contributed by atoms with Crippen LogP contribution in [0.15, 0.2) is 48.5 Å². The summed E-state index contributed by atoms with van der Waals surface area (Å²) in [6.45, 7) is 11.3. The lowest BCUT2D eigenvalue weighted by atomic mass is 9.91. The van der Waals surface area contributed by atoms with Gasteiger partial charge in [0.15, 0.2) is 11.6 Å². The monoisotopic (exact) mass is 406 g/mol. The van der Waals surface area contributed by atoms with E-state index in [2.05, 4.69) is 0 Å². The van der Waals surface area contributed by atoms with E-state index in [0.29, 0.717) is 11.5 Å². The fraction of sp³-hybridized carbons (Fsp3) is 0.385. The largest absolute Gasteiger partial charge is 0.485 e. The Morgan fingerprint density at radius 3 is 1.10 bits per heavy atom. The fourth-order valence-corrected chi connectivity index (χ4v) is 3.07. The Hall–Kier alpha value is -2.88. The van der Waals surface area contributed by atoms with Crippen LogP contribution < -0.4 is 9.47 Å². The third-order valence-corrected chi connectivity index (χ3v) is 5.20. The van der Waals surface area contributed by atoms with Crippen LogP contribution in [0.2, 0.25) is 0 Å². The Bertz CT molecular complexity index is 953. The molecule has 0 bridgehead atoms. The summed E-state index contributed by atoms with van der Waals surface area (Å²) in [5, 5.41) is 3.43. The van der Waals surface area contributed by atoms with Crippen molar-refractivity contribution in [2.45, 2.75) is 41.5 Å². The predicted molar refractivity (Wildman–Crippen MR) is 121 cm³/mol. The average Bonchev–Trinajstić information content (AvgIpc) is 2.68. The highest BCUT2D eigenvalue weighted by Crippen LogP contribution is 2.42. The average molecular weight is 407 g/mol. The second-order valence-electron chi connectivity index (χ2n) is 9.67. The quantitative estimate of drug-likeness (QED) is 0.473. The van der Waals surface area contributed by atoms with Gasteiger partial charge in [-0.25, -0.2) is 0 Å². The number of ether oxygens (including phenoxy) is 2. The number of rotatable bonds is 6. The summed E-state index contributed by atoms with van der Waals surface area (Å²) in [5.41, 5.74) is -0.941. The number of ketones is 2. The lowest BCUT2D eigenvalue weighted by molar-refractivity contribution is -0.128. The highest BCUT2D eigenvalue weighted by molar-refractivity contribution is 6.11. The fourth-order valence-electron chi connectivity index (χ4n) is 3.07. The van der Waals surface area contributed by atoms with Crippen LogP contribution in [0.25, 0.3) is 21.5 Å². The van der Waals surface area contributed by atoms with Gasteiger partial charge in [-0.3, -0.25) is 9.59 Å². The van der Waals surface area contributed by atoms with Crippen molar-refractivity contribution in [2.24, 2.45) is 10.8 Å². The van der Waals surface area contributed by atoms with Crippen LogP contribution in [0.1, 0.15) is 41.5 Å². The Labute approximate surface area is 178 Å². The summed E-state index contributed by atoms with van der Waals surface area (Å²) in [5.74, 6) is 1.39. The maximum Gasteiger partial charge on any atom is 0.175 e. The van der Waals surface area contributed by atoms with Crippen LogP contribution in [0.5, 0.6) is 11.5 Å². The van der Waals surface area contributed by atoms with Gasteiger partial charge in [0.25, 0.3) is 0 Å². The Kier molecular flexibility index (Phi) is 5.89. The van der Waals surface area contributed by atoms with Gasteiger partial charge >= 0.3 is 0 Å². The molecule has 4 heteroatoms. The Morgan fingerprint density at radius 2 is 0.867 bits per heavy atom. The van der Waals surface area contributed by atoms with Gasteiger partial charge in [-0.2, -0.15) is 0 Å². The number of Topliss-reactive ketones (excluding diaryl/α,β-unsaturated/α-hetero) is 2. The van der Waals surface area contributed by atoms with Crippen LogP contribution in [0, 0.1) is 10.8 Å². The molecule has 0 fully saturated rings. The molecule has 0 saturated carbocycles. The number of fused-ring (bicyclic) bond motifs is 2. The summed E-state index contributed by atoms with van der Waals surface area (Å²) < 4.78 is 12.2. The van der Waals surface area contributed by atoms with Gasteiger partial charge in [-0.1, -0.05) is 90.1 Å². The van der Waals surface area contributed by atoms with Crippen LogP contribution in [-0.4, -0.2) is 24.8 Å². The molecule has 0 radical (unpaired) electrons. The SMILES string of the molecule is CC(C)(C)C(=O)COc1c2ccccc2c(OCC(=O)C(C)(C)C)c2ccccc12. The molecular weight excluding hydrogens is 376 g/mol. The molecule has 0 aliphatic carbocycles. The number of benzene rings is 3. The lowest BCUT2D eigenvalue weighted by Gasteiger charge is -2.21. The van der Waals surface area contributed by atoms with Crippen molar-refractivity contribution < 1.29 is 19.1 Å². The topological polar surface area (TPSA) is 52.6 Å². The molecular formula is C26H30O4. The molecule has 0 unspecified atom stereocenters. The first-order valence-electron chi connectivity index (χ1n) is 10.3. The molecule has 0 aromatic heterocycles. The first-order valence-corrected chi connectivity index (χ1v) is 10.3. The molecule has 3 rings (SSSR count). The van der Waals surface area contributed by atoms with Crippen molar-refractivity contribution in [2.75, 3.05) is 13.2 Å². The van der Waals surface area contributed by atoms with Crippen molar-refractivity contribution in [3.8, 4) is 11.5 Å². The van der Waals surface area contributed by atoms with Crippen LogP contribution in [-0.2, 0) is 9.59 Å². The summed E-state index contributed by atoms with van der Waals surface area (Å²) in [7, 11) is 0. The van der Waals surface area contributed by atoms with Crippen molar-refractivity contribution in [1.82, 2.24) is 0 Å². The molecule has 4 nitrogen and oxygen atoms in total. The maximum atomic E-state index is 12.5. The third-order valence-electron chi connectivity index (χ3n) is 5.20. The zero-order chi connectivity index (χ0) is 22.1. The van der Waals surface area contributed by atoms with Gasteiger partial charge in [0.2, 0.25) is 0 Å². The predicted octanol–water partition coefficient (Wildman–Crippen LogP) is 5.98. The first-order chi connectivity index (χ1) is 14.0. The normalized spacial score (nSPS) is 12.2. The van der Waals surface area contributed by atoms with Crippen LogP contribution in [0.4, 0.5) is 0 Å². The minimum Gasteiger partial charge on any atom is -0.485 e. The van der Waals surface area contributed by atoms with E-state index in [4.69, 9.17) is 9.47 Å². The second-order valence-corrected chi connectivity index (χ2v) is 9.67. The summed E-state index contributed by atoms with van der Waals surface area (Å²) in [4.78, 5) is 24.9. The van der Waals surface area contributed by atoms with Crippen molar-refractivity contribution in [1.29, 1.82) is 0 Å². The molecule has 3 aromatic carbocycles. The van der Waals surface area contributed by atoms with E-state index in [1.54, 1.807) is 0 Å². The van der Waals surface area contributed by atoms with Gasteiger partial charge in [0.1, 0.15) is 24.7 Å². The van der Waals surface area contributed by atoms with Crippen molar-refractivity contribution in [3.05, 3.63) is 48.5 Å². The molecule has 0 spiro atoms. The smallest absolute Gasteiger partial charge is 0.175 e. The molecule has 0 heterocycles. The van der Waals surface area contributed by atoms with Crippen molar-refractivity contribution >= 4 is 33.1 Å². The molecule has 0 amide bonds. The summed E-state index contributed by atoms with van der Waals surface area (Å²) in [6, 6.07) is 15.5. The lowest BCUT2D eigenvalue weighted by Crippen LogP contribution is -2.26. The number of hydrogen-bond donors (Lipinski definition) is 0. The van der Waals surface area contributed by atoms with E-state index < -0.39 is 10.8 Å². The first kappa shape index (κ1) is 21.8. The van der Waals surface area contributed by atoms with E-state index >= 15 is 0 Å². The van der Waals surface area contributed by atoms with Crippen molar-refractivity contribution in [3.63, 3.8) is 0 Å². The van der Waals surface area contributed by atoms with Gasteiger partial charge in [0.05, 0.1) is 0 Å². The van der Waals surface area contributed by atoms with E-state index in [-0.39, 0.29) is 24.8 Å². The highest BCUT2D eigenvalue weighted by Gasteiger charge is 2.25. The van der Waals surface area contributed by atoms with E-state index in [9.17, 15) is 9.59 Å². The zero-order valence-corrected chi connectivity index (χ0v) is 18.7. The Balaban J connectivity index is 2.11. The van der Waals surface area contributed by atoms with Gasteiger partial charge in [-0.15, -0.1) is 0 Å². The minimum atomic E-state index is -0.470. The van der Waals surface area contributed by atoms with Gasteiger partial charge in [0, 0.05) is 32.4 Å². The summed E-state index contributed by atoms with van der Waals surface area (Å²) >= 11 is 0. The second kappa shape index (κ2) is 8.10.